The van der Waals surface area contributed by atoms with E-state index in [1.54, 1.807) is 6.07 Å². The van der Waals surface area contributed by atoms with Crippen LogP contribution >= 0.6 is 0 Å². The first-order valence-corrected chi connectivity index (χ1v) is 7.03. The first-order chi connectivity index (χ1) is 9.16. The van der Waals surface area contributed by atoms with Gasteiger partial charge in [-0.3, -0.25) is 4.79 Å². The molecular weight excluding hydrogens is 243 g/mol. The third kappa shape index (κ3) is 2.20. The minimum atomic E-state index is -0.509. The van der Waals surface area contributed by atoms with Gasteiger partial charge in [0.05, 0.1) is 5.69 Å². The highest BCUT2D eigenvalue weighted by Gasteiger charge is 2.38. The van der Waals surface area contributed by atoms with Crippen molar-refractivity contribution in [3.05, 3.63) is 29.6 Å². The summed E-state index contributed by atoms with van der Waals surface area (Å²) in [6.07, 6.45) is 5.88. The molecule has 3 rings (SSSR count). The number of carbonyl (C=O) groups excluding carboxylic acids is 1. The molecule has 1 aromatic rings. The molecule has 1 aliphatic heterocycles. The normalized spacial score (nSPS) is 26.3. The number of nitrogen functional groups attached to an aromatic ring is 1. The van der Waals surface area contributed by atoms with Gasteiger partial charge in [0.15, 0.2) is 0 Å². The Bertz CT molecular complexity index is 503. The van der Waals surface area contributed by atoms with Gasteiger partial charge in [0.25, 0.3) is 5.91 Å². The smallest absolute Gasteiger partial charge is 0.254 e. The SMILES string of the molecule is Nc1ccc(C(=O)N2CCC3CCCCC32)cc1F. The van der Waals surface area contributed by atoms with E-state index in [4.69, 9.17) is 5.73 Å². The molecule has 2 fully saturated rings. The number of benzene rings is 1. The Balaban J connectivity index is 1.81. The van der Waals surface area contributed by atoms with Crippen molar-refractivity contribution in [3.63, 3.8) is 0 Å². The molecule has 2 unspecified atom stereocenters. The Hall–Kier alpha value is -1.58. The molecule has 0 radical (unpaired) electrons. The zero-order valence-corrected chi connectivity index (χ0v) is 10.9. The van der Waals surface area contributed by atoms with Crippen LogP contribution in [0.4, 0.5) is 10.1 Å². The van der Waals surface area contributed by atoms with Crippen molar-refractivity contribution in [3.8, 4) is 0 Å². The van der Waals surface area contributed by atoms with Gasteiger partial charge in [-0.05, 0) is 43.4 Å². The van der Waals surface area contributed by atoms with E-state index in [2.05, 4.69) is 0 Å². The van der Waals surface area contributed by atoms with Crippen LogP contribution in [0.5, 0.6) is 0 Å². The van der Waals surface area contributed by atoms with E-state index in [1.807, 2.05) is 4.90 Å². The number of carbonyl (C=O) groups is 1. The molecule has 0 aromatic heterocycles. The van der Waals surface area contributed by atoms with Gasteiger partial charge in [-0.25, -0.2) is 4.39 Å². The molecular formula is C15H19FN2O. The highest BCUT2D eigenvalue weighted by atomic mass is 19.1. The lowest BCUT2D eigenvalue weighted by molar-refractivity contribution is 0.0689. The van der Waals surface area contributed by atoms with E-state index in [0.717, 1.165) is 19.4 Å². The highest BCUT2D eigenvalue weighted by molar-refractivity contribution is 5.95. The Morgan fingerprint density at radius 1 is 1.26 bits per heavy atom. The molecule has 0 spiro atoms. The summed E-state index contributed by atoms with van der Waals surface area (Å²) in [5.41, 5.74) is 5.95. The van der Waals surface area contributed by atoms with Crippen LogP contribution in [0.15, 0.2) is 18.2 Å². The lowest BCUT2D eigenvalue weighted by Crippen LogP contribution is -2.39. The summed E-state index contributed by atoms with van der Waals surface area (Å²) < 4.78 is 13.5. The zero-order valence-electron chi connectivity index (χ0n) is 10.9. The van der Waals surface area contributed by atoms with Crippen molar-refractivity contribution in [1.29, 1.82) is 0 Å². The molecule has 4 heteroatoms. The average molecular weight is 262 g/mol. The average Bonchev–Trinajstić information content (AvgIpc) is 2.85. The third-order valence-electron chi connectivity index (χ3n) is 4.52. The second-order valence-corrected chi connectivity index (χ2v) is 5.64. The van der Waals surface area contributed by atoms with Crippen molar-refractivity contribution in [2.75, 3.05) is 12.3 Å². The Morgan fingerprint density at radius 2 is 2.05 bits per heavy atom. The summed E-state index contributed by atoms with van der Waals surface area (Å²) in [5.74, 6) is 0.0925. The Labute approximate surface area is 112 Å². The standard InChI is InChI=1S/C15H19FN2O/c16-12-9-11(5-6-13(12)17)15(19)18-8-7-10-3-1-2-4-14(10)18/h5-6,9-10,14H,1-4,7-8,17H2. The van der Waals surface area contributed by atoms with Gasteiger partial charge in [-0.1, -0.05) is 12.8 Å². The van der Waals surface area contributed by atoms with Crippen molar-refractivity contribution in [2.45, 2.75) is 38.1 Å². The molecule has 102 valence electrons. The summed E-state index contributed by atoms with van der Waals surface area (Å²) >= 11 is 0. The maximum Gasteiger partial charge on any atom is 0.254 e. The van der Waals surface area contributed by atoms with Crippen molar-refractivity contribution in [2.24, 2.45) is 5.92 Å². The van der Waals surface area contributed by atoms with Gasteiger partial charge in [0.1, 0.15) is 5.82 Å². The maximum absolute atomic E-state index is 13.5. The molecule has 2 atom stereocenters. The number of hydrogen-bond acceptors (Lipinski definition) is 2. The molecule has 1 aromatic carbocycles. The van der Waals surface area contributed by atoms with Gasteiger partial charge >= 0.3 is 0 Å². The summed E-state index contributed by atoms with van der Waals surface area (Å²) in [6.45, 7) is 0.806. The molecule has 2 N–H and O–H groups in total. The monoisotopic (exact) mass is 262 g/mol. The third-order valence-corrected chi connectivity index (χ3v) is 4.52. The van der Waals surface area contributed by atoms with Crippen LogP contribution in [0, 0.1) is 11.7 Å². The minimum Gasteiger partial charge on any atom is -0.396 e. The second kappa shape index (κ2) is 4.83. The van der Waals surface area contributed by atoms with E-state index in [1.165, 1.54) is 31.4 Å². The van der Waals surface area contributed by atoms with Crippen LogP contribution in [0.3, 0.4) is 0 Å². The van der Waals surface area contributed by atoms with E-state index in [0.29, 0.717) is 17.5 Å². The topological polar surface area (TPSA) is 46.3 Å². The van der Waals surface area contributed by atoms with Crippen molar-refractivity contribution >= 4 is 11.6 Å². The molecule has 0 bridgehead atoms. The van der Waals surface area contributed by atoms with Crippen LogP contribution in [0.25, 0.3) is 0 Å². The van der Waals surface area contributed by atoms with Crippen molar-refractivity contribution in [1.82, 2.24) is 4.90 Å². The van der Waals surface area contributed by atoms with E-state index >= 15 is 0 Å². The number of likely N-dealkylation sites (tertiary alicyclic amines) is 1. The van der Waals surface area contributed by atoms with E-state index < -0.39 is 5.82 Å². The van der Waals surface area contributed by atoms with Gasteiger partial charge in [0.2, 0.25) is 0 Å². The highest BCUT2D eigenvalue weighted by Crippen LogP contribution is 2.36. The van der Waals surface area contributed by atoms with Crippen LogP contribution in [-0.2, 0) is 0 Å². The number of nitrogens with two attached hydrogens (primary N) is 1. The van der Waals surface area contributed by atoms with E-state index in [-0.39, 0.29) is 11.6 Å². The number of hydrogen-bond donors (Lipinski definition) is 1. The number of halogens is 1. The number of amides is 1. The summed E-state index contributed by atoms with van der Waals surface area (Å²) in [5, 5.41) is 0. The molecule has 1 saturated heterocycles. The van der Waals surface area contributed by atoms with Gasteiger partial charge in [-0.2, -0.15) is 0 Å². The van der Waals surface area contributed by atoms with E-state index in [9.17, 15) is 9.18 Å². The molecule has 1 heterocycles. The Morgan fingerprint density at radius 3 is 2.84 bits per heavy atom. The van der Waals surface area contributed by atoms with Crippen LogP contribution in [0.2, 0.25) is 0 Å². The van der Waals surface area contributed by atoms with Crippen LogP contribution in [0.1, 0.15) is 42.5 Å². The summed E-state index contributed by atoms with van der Waals surface area (Å²) in [6, 6.07) is 4.71. The van der Waals surface area contributed by atoms with Crippen LogP contribution < -0.4 is 5.73 Å². The van der Waals surface area contributed by atoms with Gasteiger partial charge in [0, 0.05) is 18.2 Å². The molecule has 19 heavy (non-hydrogen) atoms. The van der Waals surface area contributed by atoms with Crippen LogP contribution in [-0.4, -0.2) is 23.4 Å². The van der Waals surface area contributed by atoms with Gasteiger partial charge < -0.3 is 10.6 Å². The molecule has 1 saturated carbocycles. The number of nitrogens with zero attached hydrogens (tertiary/aromatic N) is 1. The fourth-order valence-corrected chi connectivity index (χ4v) is 3.48. The molecule has 3 nitrogen and oxygen atoms in total. The lowest BCUT2D eigenvalue weighted by Gasteiger charge is -2.31. The number of rotatable bonds is 1. The first-order valence-electron chi connectivity index (χ1n) is 7.03. The molecule has 1 aliphatic carbocycles. The fourth-order valence-electron chi connectivity index (χ4n) is 3.48. The lowest BCUT2D eigenvalue weighted by atomic mass is 9.85. The molecule has 1 amide bonds. The number of fused-ring (bicyclic) bond motifs is 1. The summed E-state index contributed by atoms with van der Waals surface area (Å²) in [4.78, 5) is 14.4. The predicted molar refractivity (Wildman–Crippen MR) is 72.2 cm³/mol. The second-order valence-electron chi connectivity index (χ2n) is 5.64. The quantitative estimate of drug-likeness (QED) is 0.791. The first kappa shape index (κ1) is 12.5. The van der Waals surface area contributed by atoms with Crippen molar-refractivity contribution < 1.29 is 9.18 Å². The Kier molecular flexibility index (Phi) is 3.17. The maximum atomic E-state index is 13.5. The molecule has 2 aliphatic rings. The minimum absolute atomic E-state index is 0.0479. The fraction of sp³-hybridized carbons (Fsp3) is 0.533. The summed E-state index contributed by atoms with van der Waals surface area (Å²) in [7, 11) is 0. The zero-order chi connectivity index (χ0) is 13.4. The van der Waals surface area contributed by atoms with Gasteiger partial charge in [-0.15, -0.1) is 0 Å². The largest absolute Gasteiger partial charge is 0.396 e. The number of anilines is 1. The predicted octanol–water partition coefficient (Wildman–Crippen LogP) is 2.81.